The van der Waals surface area contributed by atoms with Gasteiger partial charge in [-0.25, -0.2) is 4.79 Å². The van der Waals surface area contributed by atoms with Crippen molar-refractivity contribution in [2.45, 2.75) is 51.5 Å². The molecule has 0 aliphatic carbocycles. The van der Waals surface area contributed by atoms with Gasteiger partial charge in [0.2, 0.25) is 0 Å². The average Bonchev–Trinajstić information content (AvgIpc) is 2.50. The summed E-state index contributed by atoms with van der Waals surface area (Å²) in [7, 11) is 0. The van der Waals surface area contributed by atoms with Crippen LogP contribution in [0, 0.1) is 11.3 Å². The van der Waals surface area contributed by atoms with Gasteiger partial charge in [0.15, 0.2) is 0 Å². The van der Waals surface area contributed by atoms with Crippen molar-refractivity contribution in [2.75, 3.05) is 18.9 Å². The SMILES string of the molecule is CC(C)C(CO)(CCSc1ccccc1)CNC(=O)OC(C)(C)C. The first-order valence-electron chi connectivity index (χ1n) is 8.44. The van der Waals surface area contributed by atoms with E-state index in [0.29, 0.717) is 6.54 Å². The normalized spacial score (nSPS) is 14.3. The fraction of sp³-hybridized carbons (Fsp3) is 0.632. The third-order valence-electron chi connectivity index (χ3n) is 4.14. The third-order valence-corrected chi connectivity index (χ3v) is 5.15. The van der Waals surface area contributed by atoms with Crippen molar-refractivity contribution in [1.82, 2.24) is 5.32 Å². The maximum Gasteiger partial charge on any atom is 0.407 e. The van der Waals surface area contributed by atoms with Crippen molar-refractivity contribution < 1.29 is 14.6 Å². The zero-order valence-corrected chi connectivity index (χ0v) is 16.3. The predicted molar refractivity (Wildman–Crippen MR) is 100 cm³/mol. The van der Waals surface area contributed by atoms with Gasteiger partial charge in [-0.1, -0.05) is 32.0 Å². The van der Waals surface area contributed by atoms with Crippen LogP contribution in [0.25, 0.3) is 0 Å². The summed E-state index contributed by atoms with van der Waals surface area (Å²) in [5.74, 6) is 1.13. The van der Waals surface area contributed by atoms with Crippen LogP contribution >= 0.6 is 11.8 Å². The molecule has 0 fully saturated rings. The summed E-state index contributed by atoms with van der Waals surface area (Å²) >= 11 is 1.77. The van der Waals surface area contributed by atoms with Gasteiger partial charge in [0, 0.05) is 16.9 Å². The van der Waals surface area contributed by atoms with Gasteiger partial charge in [-0.3, -0.25) is 0 Å². The molecule has 0 radical (unpaired) electrons. The summed E-state index contributed by atoms with van der Waals surface area (Å²) in [5, 5.41) is 12.8. The minimum atomic E-state index is -0.521. The molecule has 0 heterocycles. The highest BCUT2D eigenvalue weighted by molar-refractivity contribution is 7.99. The molecule has 0 aliphatic rings. The summed E-state index contributed by atoms with van der Waals surface area (Å²) in [5.41, 5.74) is -0.869. The minimum Gasteiger partial charge on any atom is -0.444 e. The van der Waals surface area contributed by atoms with Crippen molar-refractivity contribution in [2.24, 2.45) is 11.3 Å². The molecule has 1 atom stereocenters. The molecule has 0 aliphatic heterocycles. The Morgan fingerprint density at radius 1 is 1.25 bits per heavy atom. The Kier molecular flexibility index (Phi) is 8.10. The van der Waals surface area contributed by atoms with E-state index in [1.165, 1.54) is 4.90 Å². The Morgan fingerprint density at radius 3 is 2.38 bits per heavy atom. The molecular weight excluding hydrogens is 322 g/mol. The molecule has 0 bridgehead atoms. The Labute approximate surface area is 150 Å². The Morgan fingerprint density at radius 2 is 1.88 bits per heavy atom. The summed E-state index contributed by atoms with van der Waals surface area (Å²) < 4.78 is 5.29. The van der Waals surface area contributed by atoms with Crippen molar-refractivity contribution in [3.8, 4) is 0 Å². The number of hydrogen-bond acceptors (Lipinski definition) is 4. The van der Waals surface area contributed by atoms with Gasteiger partial charge in [-0.05, 0) is 51.0 Å². The monoisotopic (exact) mass is 353 g/mol. The fourth-order valence-electron chi connectivity index (χ4n) is 2.35. The van der Waals surface area contributed by atoms with E-state index in [1.807, 2.05) is 39.0 Å². The molecule has 1 aromatic carbocycles. The van der Waals surface area contributed by atoms with Crippen molar-refractivity contribution in [3.63, 3.8) is 0 Å². The van der Waals surface area contributed by atoms with Crippen molar-refractivity contribution in [1.29, 1.82) is 0 Å². The molecular formula is C19H31NO3S. The second-order valence-corrected chi connectivity index (χ2v) is 8.61. The number of thioether (sulfide) groups is 1. The maximum atomic E-state index is 11.9. The zero-order chi connectivity index (χ0) is 18.2. The number of amides is 1. The summed E-state index contributed by atoms with van der Waals surface area (Å²) in [4.78, 5) is 13.1. The molecule has 0 aromatic heterocycles. The third kappa shape index (κ3) is 7.14. The first-order chi connectivity index (χ1) is 11.2. The van der Waals surface area contributed by atoms with Gasteiger partial charge in [-0.2, -0.15) is 0 Å². The number of carbonyl (C=O) groups excluding carboxylic acids is 1. The molecule has 1 aromatic rings. The van der Waals surface area contributed by atoms with Crippen LogP contribution in [-0.4, -0.2) is 35.7 Å². The van der Waals surface area contributed by atoms with Crippen LogP contribution in [0.15, 0.2) is 35.2 Å². The molecule has 1 rings (SSSR count). The van der Waals surface area contributed by atoms with Crippen LogP contribution in [0.1, 0.15) is 41.0 Å². The van der Waals surface area contributed by atoms with Crippen LogP contribution in [0.5, 0.6) is 0 Å². The van der Waals surface area contributed by atoms with E-state index in [-0.39, 0.29) is 17.9 Å². The van der Waals surface area contributed by atoms with Gasteiger partial charge < -0.3 is 15.2 Å². The number of alkyl carbamates (subject to hydrolysis) is 1. The van der Waals surface area contributed by atoms with Crippen LogP contribution < -0.4 is 5.32 Å². The highest BCUT2D eigenvalue weighted by Crippen LogP contribution is 2.33. The molecule has 0 spiro atoms. The second-order valence-electron chi connectivity index (χ2n) is 7.44. The van der Waals surface area contributed by atoms with E-state index >= 15 is 0 Å². The number of benzene rings is 1. The second kappa shape index (κ2) is 9.33. The molecule has 4 nitrogen and oxygen atoms in total. The first kappa shape index (κ1) is 20.8. The lowest BCUT2D eigenvalue weighted by Gasteiger charge is -2.36. The van der Waals surface area contributed by atoms with E-state index in [4.69, 9.17) is 4.74 Å². The number of hydrogen-bond donors (Lipinski definition) is 2. The summed E-state index contributed by atoms with van der Waals surface area (Å²) in [6.45, 7) is 10.1. The topological polar surface area (TPSA) is 58.6 Å². The van der Waals surface area contributed by atoms with E-state index in [1.54, 1.807) is 11.8 Å². The Balaban J connectivity index is 2.60. The minimum absolute atomic E-state index is 0.0375. The maximum absolute atomic E-state index is 11.9. The van der Waals surface area contributed by atoms with Crippen LogP contribution in [0.4, 0.5) is 4.79 Å². The first-order valence-corrected chi connectivity index (χ1v) is 9.43. The Bertz CT molecular complexity index is 499. The van der Waals surface area contributed by atoms with Crippen LogP contribution in [0.3, 0.4) is 0 Å². The standard InChI is InChI=1S/C19H31NO3S/c1-15(2)19(14-21,13-20-17(22)23-18(3,4)5)11-12-24-16-9-7-6-8-10-16/h6-10,15,21H,11-14H2,1-5H3,(H,20,22). The van der Waals surface area contributed by atoms with Gasteiger partial charge in [-0.15, -0.1) is 11.8 Å². The number of carbonyl (C=O) groups is 1. The van der Waals surface area contributed by atoms with Crippen molar-refractivity contribution >= 4 is 17.9 Å². The molecule has 0 saturated carbocycles. The van der Waals surface area contributed by atoms with E-state index in [2.05, 4.69) is 31.3 Å². The zero-order valence-electron chi connectivity index (χ0n) is 15.5. The fourth-order valence-corrected chi connectivity index (χ4v) is 3.44. The largest absolute Gasteiger partial charge is 0.444 e. The predicted octanol–water partition coefficient (Wildman–Crippen LogP) is 4.33. The van der Waals surface area contributed by atoms with Gasteiger partial charge in [0.25, 0.3) is 0 Å². The molecule has 136 valence electrons. The van der Waals surface area contributed by atoms with Gasteiger partial charge >= 0.3 is 6.09 Å². The molecule has 0 saturated heterocycles. The van der Waals surface area contributed by atoms with Crippen LogP contribution in [0.2, 0.25) is 0 Å². The quantitative estimate of drug-likeness (QED) is 0.683. The Hall–Kier alpha value is -1.20. The lowest BCUT2D eigenvalue weighted by atomic mass is 9.75. The molecule has 24 heavy (non-hydrogen) atoms. The van der Waals surface area contributed by atoms with E-state index in [9.17, 15) is 9.90 Å². The lowest BCUT2D eigenvalue weighted by molar-refractivity contribution is 0.0386. The average molecular weight is 354 g/mol. The number of ether oxygens (including phenoxy) is 1. The summed E-state index contributed by atoms with van der Waals surface area (Å²) in [6, 6.07) is 10.2. The van der Waals surface area contributed by atoms with E-state index < -0.39 is 11.7 Å². The highest BCUT2D eigenvalue weighted by atomic mass is 32.2. The number of rotatable bonds is 8. The molecule has 1 unspecified atom stereocenters. The van der Waals surface area contributed by atoms with Gasteiger partial charge in [0.1, 0.15) is 5.60 Å². The highest BCUT2D eigenvalue weighted by Gasteiger charge is 2.34. The van der Waals surface area contributed by atoms with E-state index in [0.717, 1.165) is 12.2 Å². The van der Waals surface area contributed by atoms with Crippen LogP contribution in [-0.2, 0) is 4.74 Å². The van der Waals surface area contributed by atoms with Crippen molar-refractivity contribution in [3.05, 3.63) is 30.3 Å². The smallest absolute Gasteiger partial charge is 0.407 e. The molecule has 1 amide bonds. The molecule has 5 heteroatoms. The number of aliphatic hydroxyl groups is 1. The number of nitrogens with one attached hydrogen (secondary N) is 1. The number of aliphatic hydroxyl groups excluding tert-OH is 1. The molecule has 2 N–H and O–H groups in total. The summed E-state index contributed by atoms with van der Waals surface area (Å²) in [6.07, 6.45) is 0.382. The lowest BCUT2D eigenvalue weighted by Crippen LogP contribution is -2.45. The van der Waals surface area contributed by atoms with Gasteiger partial charge in [0.05, 0.1) is 6.61 Å².